The normalized spacial score (nSPS) is 9.83. The van der Waals surface area contributed by atoms with Crippen molar-refractivity contribution in [3.8, 4) is 5.75 Å². The molecule has 1 aromatic carbocycles. The van der Waals surface area contributed by atoms with Crippen LogP contribution in [0.25, 0.3) is 0 Å². The van der Waals surface area contributed by atoms with Gasteiger partial charge in [0, 0.05) is 24.0 Å². The number of aromatic amines is 1. The lowest BCUT2D eigenvalue weighted by Gasteiger charge is -2.05. The van der Waals surface area contributed by atoms with Gasteiger partial charge in [-0.2, -0.15) is 0 Å². The number of methoxy groups -OCH3 is 1. The molecule has 2 rings (SSSR count). The van der Waals surface area contributed by atoms with E-state index in [9.17, 15) is 9.59 Å². The molecule has 0 spiro atoms. The molecule has 0 radical (unpaired) electrons. The van der Waals surface area contributed by atoms with Gasteiger partial charge < -0.3 is 15.0 Å². The minimum Gasteiger partial charge on any atom is -0.497 e. The predicted octanol–water partition coefficient (Wildman–Crippen LogP) is 1.64. The zero-order valence-electron chi connectivity index (χ0n) is 9.77. The van der Waals surface area contributed by atoms with E-state index in [4.69, 9.17) is 4.74 Å². The molecular weight excluding hydrogens is 232 g/mol. The van der Waals surface area contributed by atoms with Crippen molar-refractivity contribution in [1.82, 2.24) is 4.98 Å². The second kappa shape index (κ2) is 5.18. The smallest absolute Gasteiger partial charge is 0.272 e. The fourth-order valence-corrected chi connectivity index (χ4v) is 1.45. The Labute approximate surface area is 103 Å². The molecule has 0 unspecified atom stereocenters. The fraction of sp³-hybridized carbons (Fsp3) is 0.0769. The van der Waals surface area contributed by atoms with Crippen molar-refractivity contribution in [2.75, 3.05) is 12.4 Å². The van der Waals surface area contributed by atoms with Gasteiger partial charge in [0.2, 0.25) is 0 Å². The number of benzene rings is 1. The molecule has 1 heterocycles. The Bertz CT molecular complexity index is 602. The molecule has 0 saturated carbocycles. The van der Waals surface area contributed by atoms with Gasteiger partial charge in [-0.3, -0.25) is 9.59 Å². The third-order valence-electron chi connectivity index (χ3n) is 2.37. The van der Waals surface area contributed by atoms with Gasteiger partial charge >= 0.3 is 0 Å². The van der Waals surface area contributed by atoms with Gasteiger partial charge in [-0.05, 0) is 24.3 Å². The van der Waals surface area contributed by atoms with Crippen LogP contribution in [0.15, 0.2) is 47.4 Å². The van der Waals surface area contributed by atoms with Gasteiger partial charge in [0.05, 0.1) is 7.11 Å². The molecule has 1 amide bonds. The lowest BCUT2D eigenvalue weighted by atomic mass is 10.3. The summed E-state index contributed by atoms with van der Waals surface area (Å²) in [5, 5.41) is 2.67. The van der Waals surface area contributed by atoms with E-state index in [1.165, 1.54) is 18.3 Å². The summed E-state index contributed by atoms with van der Waals surface area (Å²) in [5.74, 6) is 0.346. The van der Waals surface area contributed by atoms with Crippen LogP contribution in [0.5, 0.6) is 5.75 Å². The van der Waals surface area contributed by atoms with Crippen molar-refractivity contribution in [1.29, 1.82) is 0 Å². The highest BCUT2D eigenvalue weighted by atomic mass is 16.5. The maximum absolute atomic E-state index is 11.8. The third-order valence-corrected chi connectivity index (χ3v) is 2.37. The van der Waals surface area contributed by atoms with Crippen LogP contribution in [-0.4, -0.2) is 18.0 Å². The van der Waals surface area contributed by atoms with Gasteiger partial charge in [0.1, 0.15) is 11.4 Å². The van der Waals surface area contributed by atoms with Crippen LogP contribution in [-0.2, 0) is 0 Å². The number of amides is 1. The highest BCUT2D eigenvalue weighted by molar-refractivity contribution is 6.02. The molecule has 0 aliphatic carbocycles. The molecule has 0 saturated heterocycles. The SMILES string of the molecule is COc1ccc(NC(=O)c2cc(=O)cc[nH]2)cc1. The van der Waals surface area contributed by atoms with Crippen LogP contribution in [0.3, 0.4) is 0 Å². The summed E-state index contributed by atoms with van der Waals surface area (Å²) >= 11 is 0. The Kier molecular flexibility index (Phi) is 3.43. The van der Waals surface area contributed by atoms with Crippen molar-refractivity contribution in [2.24, 2.45) is 0 Å². The number of H-pyrrole nitrogens is 1. The van der Waals surface area contributed by atoms with Crippen molar-refractivity contribution in [2.45, 2.75) is 0 Å². The Morgan fingerprint density at radius 1 is 1.22 bits per heavy atom. The Morgan fingerprint density at radius 2 is 1.94 bits per heavy atom. The highest BCUT2D eigenvalue weighted by Gasteiger charge is 2.06. The van der Waals surface area contributed by atoms with Crippen molar-refractivity contribution >= 4 is 11.6 Å². The highest BCUT2D eigenvalue weighted by Crippen LogP contribution is 2.15. The van der Waals surface area contributed by atoms with Crippen molar-refractivity contribution < 1.29 is 9.53 Å². The van der Waals surface area contributed by atoms with Gasteiger partial charge in [-0.25, -0.2) is 0 Å². The van der Waals surface area contributed by atoms with E-state index in [0.29, 0.717) is 11.4 Å². The zero-order valence-corrected chi connectivity index (χ0v) is 9.77. The summed E-state index contributed by atoms with van der Waals surface area (Å²) in [6.45, 7) is 0. The Morgan fingerprint density at radius 3 is 2.56 bits per heavy atom. The number of hydrogen-bond acceptors (Lipinski definition) is 3. The van der Waals surface area contributed by atoms with E-state index in [1.54, 1.807) is 31.4 Å². The number of carbonyl (C=O) groups excluding carboxylic acids is 1. The maximum atomic E-state index is 11.8. The largest absolute Gasteiger partial charge is 0.497 e. The Balaban J connectivity index is 2.13. The topological polar surface area (TPSA) is 71.2 Å². The second-order valence-electron chi connectivity index (χ2n) is 3.62. The molecule has 2 aromatic rings. The summed E-state index contributed by atoms with van der Waals surface area (Å²) in [6, 6.07) is 9.52. The number of pyridine rings is 1. The molecule has 92 valence electrons. The number of aromatic nitrogens is 1. The summed E-state index contributed by atoms with van der Waals surface area (Å²) in [4.78, 5) is 25.6. The molecule has 18 heavy (non-hydrogen) atoms. The number of hydrogen-bond donors (Lipinski definition) is 2. The minimum absolute atomic E-state index is 0.214. The molecule has 0 atom stereocenters. The van der Waals surface area contributed by atoms with Crippen LogP contribution >= 0.6 is 0 Å². The molecule has 0 bridgehead atoms. The monoisotopic (exact) mass is 244 g/mol. The van der Waals surface area contributed by atoms with E-state index in [-0.39, 0.29) is 17.0 Å². The number of carbonyl (C=O) groups is 1. The summed E-state index contributed by atoms with van der Waals surface area (Å²) in [6.07, 6.45) is 1.44. The summed E-state index contributed by atoms with van der Waals surface area (Å²) in [5.41, 5.74) is 0.637. The first-order valence-electron chi connectivity index (χ1n) is 5.33. The lowest BCUT2D eigenvalue weighted by Crippen LogP contribution is -2.16. The van der Waals surface area contributed by atoms with E-state index < -0.39 is 0 Å². The van der Waals surface area contributed by atoms with Crippen molar-refractivity contribution in [3.63, 3.8) is 0 Å². The summed E-state index contributed by atoms with van der Waals surface area (Å²) < 4.78 is 5.01. The molecular formula is C13H12N2O3. The Hall–Kier alpha value is -2.56. The van der Waals surface area contributed by atoms with Crippen LogP contribution in [0.1, 0.15) is 10.5 Å². The number of ether oxygens (including phenoxy) is 1. The zero-order chi connectivity index (χ0) is 13.0. The molecule has 5 nitrogen and oxygen atoms in total. The molecule has 0 aliphatic rings. The number of nitrogens with one attached hydrogen (secondary N) is 2. The maximum Gasteiger partial charge on any atom is 0.272 e. The van der Waals surface area contributed by atoms with Crippen molar-refractivity contribution in [3.05, 3.63) is 58.5 Å². The van der Waals surface area contributed by atoms with Gasteiger partial charge in [-0.1, -0.05) is 0 Å². The standard InChI is InChI=1S/C13H12N2O3/c1-18-11-4-2-9(3-5-11)15-13(17)12-8-10(16)6-7-14-12/h2-8H,1H3,(H,14,16)(H,15,17). The first-order valence-corrected chi connectivity index (χ1v) is 5.33. The van der Waals surface area contributed by atoms with Crippen LogP contribution in [0.4, 0.5) is 5.69 Å². The minimum atomic E-state index is -0.363. The lowest BCUT2D eigenvalue weighted by molar-refractivity contribution is 0.102. The quantitative estimate of drug-likeness (QED) is 0.862. The number of anilines is 1. The first kappa shape index (κ1) is 11.9. The van der Waals surface area contributed by atoms with E-state index in [0.717, 1.165) is 0 Å². The second-order valence-corrected chi connectivity index (χ2v) is 3.62. The molecule has 5 heteroatoms. The third kappa shape index (κ3) is 2.76. The van der Waals surface area contributed by atoms with Gasteiger partial charge in [-0.15, -0.1) is 0 Å². The van der Waals surface area contributed by atoms with Gasteiger partial charge in [0.15, 0.2) is 5.43 Å². The van der Waals surface area contributed by atoms with E-state index >= 15 is 0 Å². The van der Waals surface area contributed by atoms with Crippen LogP contribution in [0, 0.1) is 0 Å². The number of rotatable bonds is 3. The average molecular weight is 244 g/mol. The van der Waals surface area contributed by atoms with E-state index in [1.807, 2.05) is 0 Å². The van der Waals surface area contributed by atoms with Crippen LogP contribution in [0.2, 0.25) is 0 Å². The predicted molar refractivity (Wildman–Crippen MR) is 68.0 cm³/mol. The summed E-state index contributed by atoms with van der Waals surface area (Å²) in [7, 11) is 1.57. The average Bonchev–Trinajstić information content (AvgIpc) is 2.39. The van der Waals surface area contributed by atoms with Crippen LogP contribution < -0.4 is 15.5 Å². The first-order chi connectivity index (χ1) is 8.69. The molecule has 0 aliphatic heterocycles. The molecule has 1 aromatic heterocycles. The fourth-order valence-electron chi connectivity index (χ4n) is 1.45. The van der Waals surface area contributed by atoms with Gasteiger partial charge in [0.25, 0.3) is 5.91 Å². The van der Waals surface area contributed by atoms with E-state index in [2.05, 4.69) is 10.3 Å². The molecule has 2 N–H and O–H groups in total. The molecule has 0 fully saturated rings.